The van der Waals surface area contributed by atoms with E-state index < -0.39 is 0 Å². The van der Waals surface area contributed by atoms with Crippen LogP contribution in [0.4, 0.5) is 0 Å². The van der Waals surface area contributed by atoms with Gasteiger partial charge in [-0.1, -0.05) is 22.0 Å². The van der Waals surface area contributed by atoms with Gasteiger partial charge in [0.2, 0.25) is 0 Å². The van der Waals surface area contributed by atoms with Gasteiger partial charge in [0.15, 0.2) is 0 Å². The van der Waals surface area contributed by atoms with E-state index in [2.05, 4.69) is 45.2 Å². The molecule has 1 aliphatic carbocycles. The van der Waals surface area contributed by atoms with Crippen molar-refractivity contribution >= 4 is 26.8 Å². The van der Waals surface area contributed by atoms with Crippen LogP contribution in [-0.4, -0.2) is 10.5 Å². The Bertz CT molecular complexity index is 561. The summed E-state index contributed by atoms with van der Waals surface area (Å²) >= 11 is 3.48. The zero-order chi connectivity index (χ0) is 11.9. The Morgan fingerprint density at radius 3 is 2.88 bits per heavy atom. The fourth-order valence-corrected chi connectivity index (χ4v) is 2.54. The average molecular weight is 291 g/mol. The van der Waals surface area contributed by atoms with Gasteiger partial charge in [-0.05, 0) is 49.4 Å². The summed E-state index contributed by atoms with van der Waals surface area (Å²) in [5.74, 6) is 0. The van der Waals surface area contributed by atoms with Crippen molar-refractivity contribution in [3.63, 3.8) is 0 Å². The summed E-state index contributed by atoms with van der Waals surface area (Å²) in [4.78, 5) is 4.40. The molecule has 0 bridgehead atoms. The van der Waals surface area contributed by atoms with Gasteiger partial charge in [-0.25, -0.2) is 0 Å². The molecule has 3 heteroatoms. The molecule has 2 N–H and O–H groups in total. The molecule has 1 heterocycles. The summed E-state index contributed by atoms with van der Waals surface area (Å²) in [5, 5.41) is 1.25. The highest BCUT2D eigenvalue weighted by molar-refractivity contribution is 9.10. The van der Waals surface area contributed by atoms with E-state index in [1.165, 1.54) is 23.8 Å². The van der Waals surface area contributed by atoms with Crippen molar-refractivity contribution in [2.45, 2.75) is 31.2 Å². The van der Waals surface area contributed by atoms with Crippen LogP contribution in [0.3, 0.4) is 0 Å². The van der Waals surface area contributed by atoms with Crippen LogP contribution >= 0.6 is 15.9 Å². The van der Waals surface area contributed by atoms with Crippen LogP contribution < -0.4 is 5.73 Å². The van der Waals surface area contributed by atoms with Crippen molar-refractivity contribution < 1.29 is 0 Å². The molecule has 17 heavy (non-hydrogen) atoms. The Labute approximate surface area is 109 Å². The SMILES string of the molecule is NC1(CCc2ccnc3cc(Br)ccc23)CC1. The van der Waals surface area contributed by atoms with Gasteiger partial charge in [-0.2, -0.15) is 0 Å². The summed E-state index contributed by atoms with van der Waals surface area (Å²) < 4.78 is 1.08. The molecule has 0 saturated heterocycles. The van der Waals surface area contributed by atoms with Crippen LogP contribution in [0.15, 0.2) is 34.9 Å². The predicted octanol–water partition coefficient (Wildman–Crippen LogP) is 3.42. The van der Waals surface area contributed by atoms with Crippen molar-refractivity contribution in [3.05, 3.63) is 40.5 Å². The fourth-order valence-electron chi connectivity index (χ4n) is 2.19. The molecule has 2 aromatic rings. The monoisotopic (exact) mass is 290 g/mol. The molecule has 0 unspecified atom stereocenters. The standard InChI is InChI=1S/C14H15BrN2/c15-11-1-2-12-10(3-5-14(16)6-7-14)4-8-17-13(12)9-11/h1-2,4,8-9H,3,5-7,16H2. The number of aryl methyl sites for hydroxylation is 1. The Morgan fingerprint density at radius 1 is 1.29 bits per heavy atom. The minimum atomic E-state index is 0.130. The number of nitrogens with two attached hydrogens (primary N) is 1. The maximum Gasteiger partial charge on any atom is 0.0715 e. The van der Waals surface area contributed by atoms with E-state index in [4.69, 9.17) is 5.73 Å². The topological polar surface area (TPSA) is 38.9 Å². The van der Waals surface area contributed by atoms with E-state index in [9.17, 15) is 0 Å². The molecule has 1 fully saturated rings. The molecular formula is C14H15BrN2. The first kappa shape index (κ1) is 11.2. The first-order valence-electron chi connectivity index (χ1n) is 5.98. The van der Waals surface area contributed by atoms with E-state index in [1.807, 2.05) is 6.20 Å². The van der Waals surface area contributed by atoms with Crippen LogP contribution in [0.1, 0.15) is 24.8 Å². The lowest BCUT2D eigenvalue weighted by atomic mass is 10.0. The summed E-state index contributed by atoms with van der Waals surface area (Å²) in [5.41, 5.74) is 8.68. The number of rotatable bonds is 3. The van der Waals surface area contributed by atoms with Gasteiger partial charge in [-0.15, -0.1) is 0 Å². The molecule has 0 amide bonds. The molecule has 1 aliphatic rings. The second-order valence-corrected chi connectivity index (χ2v) is 5.91. The van der Waals surface area contributed by atoms with Crippen LogP contribution in [-0.2, 0) is 6.42 Å². The van der Waals surface area contributed by atoms with Crippen LogP contribution in [0.2, 0.25) is 0 Å². The van der Waals surface area contributed by atoms with Crippen LogP contribution in [0, 0.1) is 0 Å². The van der Waals surface area contributed by atoms with Crippen LogP contribution in [0.25, 0.3) is 10.9 Å². The maximum atomic E-state index is 6.14. The van der Waals surface area contributed by atoms with Crippen molar-refractivity contribution in [3.8, 4) is 0 Å². The number of benzene rings is 1. The average Bonchev–Trinajstić information content (AvgIpc) is 3.05. The van der Waals surface area contributed by atoms with Gasteiger partial charge in [0.25, 0.3) is 0 Å². The third kappa shape index (κ3) is 2.35. The van der Waals surface area contributed by atoms with E-state index in [-0.39, 0.29) is 5.54 Å². The normalized spacial score (nSPS) is 17.3. The second-order valence-electron chi connectivity index (χ2n) is 4.99. The zero-order valence-corrected chi connectivity index (χ0v) is 11.2. The highest BCUT2D eigenvalue weighted by Crippen LogP contribution is 2.37. The quantitative estimate of drug-likeness (QED) is 0.941. The molecule has 88 valence electrons. The van der Waals surface area contributed by atoms with Crippen molar-refractivity contribution in [2.75, 3.05) is 0 Å². The molecule has 1 aromatic heterocycles. The lowest BCUT2D eigenvalue weighted by Crippen LogP contribution is -2.22. The Kier molecular flexibility index (Phi) is 2.68. The summed E-state index contributed by atoms with van der Waals surface area (Å²) in [6, 6.07) is 8.39. The lowest BCUT2D eigenvalue weighted by Gasteiger charge is -2.10. The Hall–Kier alpha value is -0.930. The van der Waals surface area contributed by atoms with Gasteiger partial charge in [0.05, 0.1) is 5.52 Å². The first-order valence-corrected chi connectivity index (χ1v) is 6.78. The van der Waals surface area contributed by atoms with E-state index in [1.54, 1.807) is 0 Å². The predicted molar refractivity (Wildman–Crippen MR) is 73.9 cm³/mol. The number of halogens is 1. The summed E-state index contributed by atoms with van der Waals surface area (Å²) in [6.07, 6.45) is 6.39. The molecule has 0 atom stereocenters. The van der Waals surface area contributed by atoms with E-state index in [0.29, 0.717) is 0 Å². The van der Waals surface area contributed by atoms with E-state index in [0.717, 1.165) is 22.8 Å². The number of hydrogen-bond acceptors (Lipinski definition) is 2. The second kappa shape index (κ2) is 4.07. The molecule has 1 aromatic carbocycles. The third-order valence-electron chi connectivity index (χ3n) is 3.58. The van der Waals surface area contributed by atoms with Crippen molar-refractivity contribution in [1.29, 1.82) is 0 Å². The molecule has 0 radical (unpaired) electrons. The van der Waals surface area contributed by atoms with Crippen molar-refractivity contribution in [1.82, 2.24) is 4.98 Å². The van der Waals surface area contributed by atoms with Gasteiger partial charge >= 0.3 is 0 Å². The summed E-state index contributed by atoms with van der Waals surface area (Å²) in [7, 11) is 0. The largest absolute Gasteiger partial charge is 0.325 e. The van der Waals surface area contributed by atoms with Gasteiger partial charge in [0.1, 0.15) is 0 Å². The lowest BCUT2D eigenvalue weighted by molar-refractivity contribution is 0.610. The molecular weight excluding hydrogens is 276 g/mol. The number of hydrogen-bond donors (Lipinski definition) is 1. The number of pyridine rings is 1. The first-order chi connectivity index (χ1) is 8.16. The molecule has 3 rings (SSSR count). The Balaban J connectivity index is 1.92. The maximum absolute atomic E-state index is 6.14. The minimum absolute atomic E-state index is 0.130. The van der Waals surface area contributed by atoms with Crippen molar-refractivity contribution in [2.24, 2.45) is 5.73 Å². The molecule has 2 nitrogen and oxygen atoms in total. The Morgan fingerprint density at radius 2 is 2.12 bits per heavy atom. The van der Waals surface area contributed by atoms with Crippen LogP contribution in [0.5, 0.6) is 0 Å². The smallest absolute Gasteiger partial charge is 0.0715 e. The number of nitrogens with zero attached hydrogens (tertiary/aromatic N) is 1. The number of fused-ring (bicyclic) bond motifs is 1. The van der Waals surface area contributed by atoms with Gasteiger partial charge < -0.3 is 5.73 Å². The third-order valence-corrected chi connectivity index (χ3v) is 4.07. The van der Waals surface area contributed by atoms with E-state index >= 15 is 0 Å². The fraction of sp³-hybridized carbons (Fsp3) is 0.357. The molecule has 0 spiro atoms. The van der Waals surface area contributed by atoms with Gasteiger partial charge in [0, 0.05) is 21.6 Å². The molecule has 0 aliphatic heterocycles. The molecule has 1 saturated carbocycles. The minimum Gasteiger partial charge on any atom is -0.325 e. The summed E-state index contributed by atoms with van der Waals surface area (Å²) in [6.45, 7) is 0. The number of aromatic nitrogens is 1. The highest BCUT2D eigenvalue weighted by atomic mass is 79.9. The zero-order valence-electron chi connectivity index (χ0n) is 9.62. The highest BCUT2D eigenvalue weighted by Gasteiger charge is 2.37. The van der Waals surface area contributed by atoms with Gasteiger partial charge in [-0.3, -0.25) is 4.98 Å².